The Bertz CT molecular complexity index is 551. The summed E-state index contributed by atoms with van der Waals surface area (Å²) < 4.78 is 0. The topological polar surface area (TPSA) is 89.6 Å². The highest BCUT2D eigenvalue weighted by molar-refractivity contribution is 5.29. The number of hydrogen-bond donors (Lipinski definition) is 2. The molecule has 0 radical (unpaired) electrons. The molecule has 1 aliphatic heterocycles. The summed E-state index contributed by atoms with van der Waals surface area (Å²) in [4.78, 5) is 13.4. The SMILES string of the molecule is CCc1n[nH]c(CN2CCN(c3n[nH]c(C)n3)CC2)n1. The Hall–Kier alpha value is -1.96. The van der Waals surface area contributed by atoms with Gasteiger partial charge in [-0.05, 0) is 6.92 Å². The minimum atomic E-state index is 0.801. The monoisotopic (exact) mass is 276 g/mol. The largest absolute Gasteiger partial charge is 0.337 e. The van der Waals surface area contributed by atoms with Gasteiger partial charge in [-0.3, -0.25) is 15.1 Å². The lowest BCUT2D eigenvalue weighted by molar-refractivity contribution is 0.243. The number of aryl methyl sites for hydroxylation is 2. The molecule has 1 aliphatic rings. The van der Waals surface area contributed by atoms with Crippen LogP contribution in [0.25, 0.3) is 0 Å². The van der Waals surface area contributed by atoms with Gasteiger partial charge < -0.3 is 4.90 Å². The highest BCUT2D eigenvalue weighted by Gasteiger charge is 2.20. The first-order chi connectivity index (χ1) is 9.74. The predicted octanol–water partition coefficient (Wildman–Crippen LogP) is 0.116. The van der Waals surface area contributed by atoms with Crippen molar-refractivity contribution in [2.24, 2.45) is 0 Å². The first-order valence-corrected chi connectivity index (χ1v) is 7.01. The van der Waals surface area contributed by atoms with Gasteiger partial charge in [0.25, 0.3) is 0 Å². The molecule has 0 bridgehead atoms. The number of aromatic nitrogens is 6. The highest BCUT2D eigenvalue weighted by atomic mass is 15.4. The molecular weight excluding hydrogens is 256 g/mol. The van der Waals surface area contributed by atoms with Crippen LogP contribution in [0.2, 0.25) is 0 Å². The van der Waals surface area contributed by atoms with Crippen molar-refractivity contribution in [2.75, 3.05) is 31.1 Å². The van der Waals surface area contributed by atoms with E-state index in [1.807, 2.05) is 6.92 Å². The van der Waals surface area contributed by atoms with Crippen molar-refractivity contribution in [1.29, 1.82) is 0 Å². The van der Waals surface area contributed by atoms with Crippen LogP contribution in [0.3, 0.4) is 0 Å². The van der Waals surface area contributed by atoms with Crippen molar-refractivity contribution in [1.82, 2.24) is 35.3 Å². The average Bonchev–Trinajstić information content (AvgIpc) is 3.09. The van der Waals surface area contributed by atoms with Crippen molar-refractivity contribution in [3.8, 4) is 0 Å². The maximum absolute atomic E-state index is 4.45. The molecule has 0 atom stereocenters. The fraction of sp³-hybridized carbons (Fsp3) is 0.667. The number of nitrogens with one attached hydrogen (secondary N) is 2. The van der Waals surface area contributed by atoms with Gasteiger partial charge in [0.2, 0.25) is 5.95 Å². The molecule has 0 amide bonds. The Morgan fingerprint density at radius 3 is 2.45 bits per heavy atom. The molecule has 1 saturated heterocycles. The zero-order chi connectivity index (χ0) is 13.9. The number of rotatable bonds is 4. The Labute approximate surface area is 117 Å². The van der Waals surface area contributed by atoms with E-state index >= 15 is 0 Å². The molecule has 0 saturated carbocycles. The smallest absolute Gasteiger partial charge is 0.244 e. The summed E-state index contributed by atoms with van der Waals surface area (Å²) in [6.07, 6.45) is 0.870. The van der Waals surface area contributed by atoms with Crippen molar-refractivity contribution >= 4 is 5.95 Å². The molecule has 0 aromatic carbocycles. The fourth-order valence-electron chi connectivity index (χ4n) is 2.35. The van der Waals surface area contributed by atoms with Crippen molar-refractivity contribution in [2.45, 2.75) is 26.8 Å². The summed E-state index contributed by atoms with van der Waals surface area (Å²) >= 11 is 0. The maximum Gasteiger partial charge on any atom is 0.244 e. The van der Waals surface area contributed by atoms with E-state index in [4.69, 9.17) is 0 Å². The first-order valence-electron chi connectivity index (χ1n) is 7.01. The van der Waals surface area contributed by atoms with Crippen molar-refractivity contribution < 1.29 is 0 Å². The molecule has 20 heavy (non-hydrogen) atoms. The van der Waals surface area contributed by atoms with Gasteiger partial charge in [0.1, 0.15) is 17.5 Å². The molecule has 0 spiro atoms. The Morgan fingerprint density at radius 2 is 1.85 bits per heavy atom. The van der Waals surface area contributed by atoms with Crippen molar-refractivity contribution in [3.05, 3.63) is 17.5 Å². The summed E-state index contributed by atoms with van der Waals surface area (Å²) in [6, 6.07) is 0. The van der Waals surface area contributed by atoms with Gasteiger partial charge in [0.05, 0.1) is 6.54 Å². The number of piperazine rings is 1. The van der Waals surface area contributed by atoms with E-state index in [0.717, 1.165) is 62.6 Å². The van der Waals surface area contributed by atoms with Crippen LogP contribution in [-0.4, -0.2) is 61.4 Å². The molecule has 108 valence electrons. The Morgan fingerprint density at radius 1 is 1.05 bits per heavy atom. The minimum absolute atomic E-state index is 0.801. The van der Waals surface area contributed by atoms with E-state index in [9.17, 15) is 0 Å². The molecule has 3 heterocycles. The second-order valence-corrected chi connectivity index (χ2v) is 5.04. The number of nitrogens with zero attached hydrogens (tertiary/aromatic N) is 6. The van der Waals surface area contributed by atoms with E-state index in [1.54, 1.807) is 0 Å². The van der Waals surface area contributed by atoms with Gasteiger partial charge in [-0.1, -0.05) is 6.92 Å². The lowest BCUT2D eigenvalue weighted by Gasteiger charge is -2.33. The summed E-state index contributed by atoms with van der Waals surface area (Å²) in [5.41, 5.74) is 0. The zero-order valence-electron chi connectivity index (χ0n) is 11.9. The van der Waals surface area contributed by atoms with Crippen LogP contribution < -0.4 is 4.90 Å². The fourth-order valence-corrected chi connectivity index (χ4v) is 2.35. The molecule has 2 N–H and O–H groups in total. The van der Waals surface area contributed by atoms with Crippen LogP contribution in [0, 0.1) is 6.92 Å². The van der Waals surface area contributed by atoms with E-state index in [-0.39, 0.29) is 0 Å². The van der Waals surface area contributed by atoms with E-state index in [0.29, 0.717) is 0 Å². The third-order valence-electron chi connectivity index (χ3n) is 3.51. The predicted molar refractivity (Wildman–Crippen MR) is 74.4 cm³/mol. The van der Waals surface area contributed by atoms with Crippen LogP contribution in [0.4, 0.5) is 5.95 Å². The molecule has 8 nitrogen and oxygen atoms in total. The van der Waals surface area contributed by atoms with E-state index in [2.05, 4.69) is 47.1 Å². The first kappa shape index (κ1) is 13.0. The van der Waals surface area contributed by atoms with Crippen LogP contribution in [0.1, 0.15) is 24.4 Å². The standard InChI is InChI=1S/C12H20N8/c1-3-10-14-11(17-16-10)8-19-4-6-20(7-5-19)12-13-9(2)15-18-12/h3-8H2,1-2H3,(H,13,15,18)(H,14,16,17). The summed E-state index contributed by atoms with van der Waals surface area (Å²) in [6.45, 7) is 8.64. The van der Waals surface area contributed by atoms with Gasteiger partial charge in [-0.15, -0.1) is 5.10 Å². The quantitative estimate of drug-likeness (QED) is 0.824. The summed E-state index contributed by atoms with van der Waals surface area (Å²) in [7, 11) is 0. The maximum atomic E-state index is 4.45. The van der Waals surface area contributed by atoms with Gasteiger partial charge in [0, 0.05) is 32.6 Å². The van der Waals surface area contributed by atoms with Crippen LogP contribution >= 0.6 is 0 Å². The van der Waals surface area contributed by atoms with Crippen molar-refractivity contribution in [3.63, 3.8) is 0 Å². The third-order valence-corrected chi connectivity index (χ3v) is 3.51. The van der Waals surface area contributed by atoms with Crippen LogP contribution in [0.5, 0.6) is 0 Å². The lowest BCUT2D eigenvalue weighted by atomic mass is 10.3. The minimum Gasteiger partial charge on any atom is -0.337 e. The number of hydrogen-bond acceptors (Lipinski definition) is 6. The third kappa shape index (κ3) is 2.79. The Balaban J connectivity index is 1.53. The van der Waals surface area contributed by atoms with Crippen LogP contribution in [-0.2, 0) is 13.0 Å². The second-order valence-electron chi connectivity index (χ2n) is 5.04. The second kappa shape index (κ2) is 5.58. The van der Waals surface area contributed by atoms with Gasteiger partial charge in [-0.25, -0.2) is 4.98 Å². The highest BCUT2D eigenvalue weighted by Crippen LogP contribution is 2.11. The molecule has 2 aromatic heterocycles. The summed E-state index contributed by atoms with van der Waals surface area (Å²) in [5.74, 6) is 3.49. The van der Waals surface area contributed by atoms with Gasteiger partial charge in [0.15, 0.2) is 0 Å². The molecule has 0 unspecified atom stereocenters. The number of aromatic amines is 2. The zero-order valence-corrected chi connectivity index (χ0v) is 11.9. The molecule has 3 rings (SSSR count). The van der Waals surface area contributed by atoms with Gasteiger partial charge in [-0.2, -0.15) is 10.1 Å². The average molecular weight is 276 g/mol. The molecule has 1 fully saturated rings. The summed E-state index contributed by atoms with van der Waals surface area (Å²) in [5, 5.41) is 14.3. The number of anilines is 1. The molecule has 2 aromatic rings. The Kier molecular flexibility index (Phi) is 3.64. The van der Waals surface area contributed by atoms with E-state index in [1.165, 1.54) is 0 Å². The molecular formula is C12H20N8. The van der Waals surface area contributed by atoms with Gasteiger partial charge >= 0.3 is 0 Å². The lowest BCUT2D eigenvalue weighted by Crippen LogP contribution is -2.46. The van der Waals surface area contributed by atoms with Crippen LogP contribution in [0.15, 0.2) is 0 Å². The normalized spacial score (nSPS) is 16.8. The number of H-pyrrole nitrogens is 2. The molecule has 0 aliphatic carbocycles. The van der Waals surface area contributed by atoms with E-state index < -0.39 is 0 Å². The molecule has 8 heteroatoms.